The van der Waals surface area contributed by atoms with Crippen molar-refractivity contribution in [3.05, 3.63) is 0 Å². The normalized spacial score (nSPS) is 12.0. The van der Waals surface area contributed by atoms with Crippen LogP contribution < -0.4 is 0 Å². The van der Waals surface area contributed by atoms with E-state index < -0.39 is 17.6 Å². The van der Waals surface area contributed by atoms with Gasteiger partial charge in [-0.1, -0.05) is 0 Å². The van der Waals surface area contributed by atoms with Gasteiger partial charge in [-0.3, -0.25) is 0 Å². The van der Waals surface area contributed by atoms with E-state index in [1.807, 2.05) is 0 Å². The number of unbranched alkanes of at least 4 members (excludes halogenated alkanes) is 4. The molecule has 0 saturated carbocycles. The summed E-state index contributed by atoms with van der Waals surface area (Å²) >= 11 is -2.66. The summed E-state index contributed by atoms with van der Waals surface area (Å²) in [6.07, 6.45) is 7.66. The molecule has 0 aliphatic carbocycles. The molecule has 0 aliphatic rings. The van der Waals surface area contributed by atoms with E-state index in [4.69, 9.17) is 17.2 Å². The molecule has 0 bridgehead atoms. The van der Waals surface area contributed by atoms with Gasteiger partial charge in [0.15, 0.2) is 0 Å². The Morgan fingerprint density at radius 3 is 1.46 bits per heavy atom. The van der Waals surface area contributed by atoms with Crippen LogP contribution in [0.2, 0.25) is 8.35 Å². The maximum atomic E-state index is 6.40. The third-order valence-corrected chi connectivity index (χ3v) is 16.3. The fourth-order valence-electron chi connectivity index (χ4n) is 1.39. The molecule has 0 radical (unpaired) electrons. The quantitative estimate of drug-likeness (QED) is 0.370. The molecular weight excluding hydrogens is 370 g/mol. The third kappa shape index (κ3) is 9.75. The van der Waals surface area contributed by atoms with Crippen molar-refractivity contribution in [2.45, 2.75) is 60.7 Å². The first-order valence-electron chi connectivity index (χ1n) is 5.50. The Balaban J connectivity index is 3.42. The Hall–Kier alpha value is 1.45. The molecule has 3 heteroatoms. The van der Waals surface area contributed by atoms with Crippen molar-refractivity contribution in [1.29, 1.82) is 0 Å². The predicted octanol–water partition coefficient (Wildman–Crippen LogP) is 5.66. The van der Waals surface area contributed by atoms with E-state index in [1.54, 1.807) is 0 Å². The summed E-state index contributed by atoms with van der Waals surface area (Å²) in [7, 11) is 12.8. The van der Waals surface area contributed by atoms with Crippen LogP contribution in [0, 0.1) is 0 Å². The number of hydrogen-bond acceptors (Lipinski definition) is 0. The molecule has 0 aromatic rings. The van der Waals surface area contributed by atoms with Gasteiger partial charge in [-0.05, 0) is 0 Å². The molecule has 0 aliphatic heterocycles. The van der Waals surface area contributed by atoms with Gasteiger partial charge >= 0.3 is 95.5 Å². The SMILES string of the molecule is CCCC[CH2][Hf]([Cl])([Cl])[CH2]CCCC. The van der Waals surface area contributed by atoms with E-state index in [1.165, 1.54) is 46.9 Å². The molecule has 0 rings (SSSR count). The Labute approximate surface area is 94.9 Å². The van der Waals surface area contributed by atoms with Crippen LogP contribution in [0.15, 0.2) is 0 Å². The van der Waals surface area contributed by atoms with Crippen molar-refractivity contribution in [1.82, 2.24) is 0 Å². The van der Waals surface area contributed by atoms with E-state index in [2.05, 4.69) is 13.8 Å². The van der Waals surface area contributed by atoms with Crippen molar-refractivity contribution >= 4 is 17.2 Å². The van der Waals surface area contributed by atoms with Crippen molar-refractivity contribution in [2.24, 2.45) is 0 Å². The second-order valence-electron chi connectivity index (χ2n) is 3.77. The van der Waals surface area contributed by atoms with Gasteiger partial charge in [0.1, 0.15) is 0 Å². The molecule has 0 saturated heterocycles. The first kappa shape index (κ1) is 14.5. The maximum absolute atomic E-state index is 6.40. The first-order valence-corrected chi connectivity index (χ1v) is 19.5. The fourth-order valence-corrected chi connectivity index (χ4v) is 12.2. The van der Waals surface area contributed by atoms with Gasteiger partial charge in [0, 0.05) is 0 Å². The van der Waals surface area contributed by atoms with Crippen LogP contribution in [0.25, 0.3) is 0 Å². The molecule has 0 spiro atoms. The zero-order valence-electron chi connectivity index (χ0n) is 8.91. The standard InChI is InChI=1S/2C5H11.2ClH.Hf/c2*1-3-5-4-2;;;/h2*1,3-5H2,2H3;2*1H;/q;;;;+2/p-2. The van der Waals surface area contributed by atoms with Crippen LogP contribution in [-0.2, 0) is 17.6 Å². The van der Waals surface area contributed by atoms with Crippen molar-refractivity contribution < 1.29 is 17.6 Å². The van der Waals surface area contributed by atoms with E-state index in [-0.39, 0.29) is 0 Å². The Bertz CT molecular complexity index is 103. The Kier molecular flexibility index (Phi) is 9.71. The molecule has 0 fully saturated rings. The molecule has 0 aromatic heterocycles. The van der Waals surface area contributed by atoms with Crippen LogP contribution in [0.3, 0.4) is 0 Å². The van der Waals surface area contributed by atoms with Crippen molar-refractivity contribution in [2.75, 3.05) is 0 Å². The minimum atomic E-state index is -2.66. The Morgan fingerprint density at radius 2 is 1.15 bits per heavy atom. The molecule has 80 valence electrons. The van der Waals surface area contributed by atoms with Crippen molar-refractivity contribution in [3.63, 3.8) is 0 Å². The molecule has 0 heterocycles. The van der Waals surface area contributed by atoms with Gasteiger partial charge in [-0.25, -0.2) is 0 Å². The van der Waals surface area contributed by atoms with Gasteiger partial charge in [-0.15, -0.1) is 0 Å². The summed E-state index contributed by atoms with van der Waals surface area (Å²) < 4.78 is 2.35. The number of hydrogen-bond donors (Lipinski definition) is 0. The van der Waals surface area contributed by atoms with E-state index in [0.717, 1.165) is 0 Å². The molecule has 0 atom stereocenters. The predicted molar refractivity (Wildman–Crippen MR) is 60.4 cm³/mol. The molecule has 13 heavy (non-hydrogen) atoms. The zero-order chi connectivity index (χ0) is 10.2. The van der Waals surface area contributed by atoms with Crippen LogP contribution in [0.1, 0.15) is 52.4 Å². The second kappa shape index (κ2) is 8.73. The number of rotatable bonds is 8. The van der Waals surface area contributed by atoms with Gasteiger partial charge in [0.25, 0.3) is 0 Å². The van der Waals surface area contributed by atoms with E-state index in [9.17, 15) is 0 Å². The average Bonchev–Trinajstić information content (AvgIpc) is 2.05. The van der Waals surface area contributed by atoms with Crippen LogP contribution in [0.5, 0.6) is 0 Å². The molecule has 0 N–H and O–H groups in total. The van der Waals surface area contributed by atoms with Gasteiger partial charge in [-0.2, -0.15) is 0 Å². The summed E-state index contributed by atoms with van der Waals surface area (Å²) in [5, 5.41) is 0. The summed E-state index contributed by atoms with van der Waals surface area (Å²) in [6, 6.07) is 0. The summed E-state index contributed by atoms with van der Waals surface area (Å²) in [6.45, 7) is 4.44. The summed E-state index contributed by atoms with van der Waals surface area (Å²) in [5.74, 6) is 0. The van der Waals surface area contributed by atoms with E-state index in [0.29, 0.717) is 0 Å². The molecule has 0 aromatic carbocycles. The zero-order valence-corrected chi connectivity index (χ0v) is 14.0. The molecule has 0 amide bonds. The monoisotopic (exact) mass is 392 g/mol. The van der Waals surface area contributed by atoms with Crippen molar-refractivity contribution in [3.8, 4) is 0 Å². The number of halogens is 2. The van der Waals surface area contributed by atoms with Crippen LogP contribution in [0.4, 0.5) is 0 Å². The third-order valence-electron chi connectivity index (χ3n) is 2.29. The van der Waals surface area contributed by atoms with Crippen LogP contribution >= 0.6 is 17.2 Å². The average molecular weight is 392 g/mol. The van der Waals surface area contributed by atoms with Gasteiger partial charge in [0.2, 0.25) is 0 Å². The summed E-state index contributed by atoms with van der Waals surface area (Å²) in [4.78, 5) is 0. The minimum absolute atomic E-state index is 1.17. The Morgan fingerprint density at radius 1 is 0.769 bits per heavy atom. The summed E-state index contributed by atoms with van der Waals surface area (Å²) in [5.41, 5.74) is 0. The molecule has 0 unspecified atom stereocenters. The fraction of sp³-hybridized carbons (Fsp3) is 1.00. The first-order chi connectivity index (χ1) is 6.12. The van der Waals surface area contributed by atoms with Crippen LogP contribution in [-0.4, -0.2) is 0 Å². The van der Waals surface area contributed by atoms with Gasteiger partial charge in [0.05, 0.1) is 0 Å². The second-order valence-corrected chi connectivity index (χ2v) is 26.9. The molecule has 0 nitrogen and oxygen atoms in total. The van der Waals surface area contributed by atoms with Gasteiger partial charge < -0.3 is 0 Å². The topological polar surface area (TPSA) is 0 Å². The van der Waals surface area contributed by atoms with E-state index >= 15 is 0 Å². The molecular formula is C10H22Cl2Hf.